The van der Waals surface area contributed by atoms with Gasteiger partial charge in [-0.25, -0.2) is 0 Å². The SMILES string of the molecule is Cc1cc(Cl)c2c(ccc3c(Cl)cc(C)nc32)n1. The van der Waals surface area contributed by atoms with Crippen LogP contribution in [0.1, 0.15) is 11.4 Å². The molecular formula is C14H10Cl2N2. The summed E-state index contributed by atoms with van der Waals surface area (Å²) in [6.07, 6.45) is 0. The number of nitrogens with zero attached hydrogens (tertiary/aromatic N) is 2. The second-order valence-electron chi connectivity index (χ2n) is 4.35. The van der Waals surface area contributed by atoms with E-state index in [9.17, 15) is 0 Å². The number of halogens is 2. The van der Waals surface area contributed by atoms with E-state index in [2.05, 4.69) is 9.97 Å². The molecule has 0 atom stereocenters. The van der Waals surface area contributed by atoms with E-state index in [-0.39, 0.29) is 0 Å². The Kier molecular flexibility index (Phi) is 2.65. The molecule has 0 radical (unpaired) electrons. The summed E-state index contributed by atoms with van der Waals surface area (Å²) in [6.45, 7) is 3.84. The van der Waals surface area contributed by atoms with Crippen molar-refractivity contribution in [2.75, 3.05) is 0 Å². The molecular weight excluding hydrogens is 267 g/mol. The van der Waals surface area contributed by atoms with Crippen LogP contribution in [-0.2, 0) is 0 Å². The Morgan fingerprint density at radius 2 is 1.56 bits per heavy atom. The van der Waals surface area contributed by atoms with Crippen LogP contribution in [-0.4, -0.2) is 9.97 Å². The van der Waals surface area contributed by atoms with Crippen LogP contribution in [0.5, 0.6) is 0 Å². The van der Waals surface area contributed by atoms with Crippen molar-refractivity contribution in [3.63, 3.8) is 0 Å². The molecule has 0 saturated heterocycles. The number of hydrogen-bond donors (Lipinski definition) is 0. The van der Waals surface area contributed by atoms with Gasteiger partial charge >= 0.3 is 0 Å². The van der Waals surface area contributed by atoms with E-state index < -0.39 is 0 Å². The van der Waals surface area contributed by atoms with Gasteiger partial charge in [-0.05, 0) is 38.1 Å². The maximum absolute atomic E-state index is 6.32. The van der Waals surface area contributed by atoms with Crippen LogP contribution in [0.2, 0.25) is 10.0 Å². The van der Waals surface area contributed by atoms with E-state index in [0.717, 1.165) is 33.2 Å². The van der Waals surface area contributed by atoms with E-state index in [1.54, 1.807) is 0 Å². The predicted octanol–water partition coefficient (Wildman–Crippen LogP) is 4.71. The van der Waals surface area contributed by atoms with Crippen molar-refractivity contribution in [1.29, 1.82) is 0 Å². The molecule has 0 aliphatic carbocycles. The minimum absolute atomic E-state index is 0.664. The summed E-state index contributed by atoms with van der Waals surface area (Å²) in [6, 6.07) is 7.57. The van der Waals surface area contributed by atoms with Gasteiger partial charge in [0.2, 0.25) is 0 Å². The highest BCUT2D eigenvalue weighted by Gasteiger charge is 2.10. The minimum Gasteiger partial charge on any atom is -0.253 e. The van der Waals surface area contributed by atoms with Crippen molar-refractivity contribution in [2.24, 2.45) is 0 Å². The van der Waals surface area contributed by atoms with Crippen molar-refractivity contribution in [1.82, 2.24) is 9.97 Å². The molecule has 0 amide bonds. The molecule has 3 aromatic rings. The summed E-state index contributed by atoms with van der Waals surface area (Å²) in [7, 11) is 0. The molecule has 4 heteroatoms. The molecule has 2 nitrogen and oxygen atoms in total. The first-order valence-electron chi connectivity index (χ1n) is 5.59. The fraction of sp³-hybridized carbons (Fsp3) is 0.143. The molecule has 1 aromatic carbocycles. The Morgan fingerprint density at radius 1 is 0.889 bits per heavy atom. The zero-order valence-corrected chi connectivity index (χ0v) is 11.5. The van der Waals surface area contributed by atoms with Gasteiger partial charge in [0.15, 0.2) is 0 Å². The number of hydrogen-bond acceptors (Lipinski definition) is 2. The number of rotatable bonds is 0. The Hall–Kier alpha value is -1.38. The number of aryl methyl sites for hydroxylation is 2. The largest absolute Gasteiger partial charge is 0.253 e. The van der Waals surface area contributed by atoms with Gasteiger partial charge in [-0.15, -0.1) is 0 Å². The number of pyridine rings is 2. The lowest BCUT2D eigenvalue weighted by molar-refractivity contribution is 1.24. The number of benzene rings is 1. The molecule has 0 aliphatic rings. The van der Waals surface area contributed by atoms with E-state index in [0.29, 0.717) is 10.0 Å². The van der Waals surface area contributed by atoms with Crippen molar-refractivity contribution < 1.29 is 0 Å². The molecule has 0 fully saturated rings. The quantitative estimate of drug-likeness (QED) is 0.556. The zero-order valence-electron chi connectivity index (χ0n) is 9.96. The second-order valence-corrected chi connectivity index (χ2v) is 5.16. The number of fused-ring (bicyclic) bond motifs is 3. The molecule has 2 heterocycles. The van der Waals surface area contributed by atoms with E-state index in [4.69, 9.17) is 23.2 Å². The second kappa shape index (κ2) is 4.08. The van der Waals surface area contributed by atoms with Crippen LogP contribution in [0.3, 0.4) is 0 Å². The maximum atomic E-state index is 6.32. The Labute approximate surface area is 115 Å². The molecule has 3 rings (SSSR count). The van der Waals surface area contributed by atoms with Crippen LogP contribution in [0.4, 0.5) is 0 Å². The van der Waals surface area contributed by atoms with Gasteiger partial charge in [-0.1, -0.05) is 23.2 Å². The summed E-state index contributed by atoms with van der Waals surface area (Å²) < 4.78 is 0. The van der Waals surface area contributed by atoms with Gasteiger partial charge < -0.3 is 0 Å². The van der Waals surface area contributed by atoms with Crippen LogP contribution < -0.4 is 0 Å². The molecule has 0 unspecified atom stereocenters. The molecule has 0 spiro atoms. The Morgan fingerprint density at radius 3 is 2.33 bits per heavy atom. The standard InChI is InChI=1S/C14H10Cl2N2/c1-7-6-11(16)13-12(17-7)4-3-9-10(15)5-8(2)18-14(9)13/h3-6H,1-2H3. The monoisotopic (exact) mass is 276 g/mol. The van der Waals surface area contributed by atoms with Crippen LogP contribution >= 0.6 is 23.2 Å². The lowest BCUT2D eigenvalue weighted by Gasteiger charge is -2.08. The average molecular weight is 277 g/mol. The molecule has 0 N–H and O–H groups in total. The fourth-order valence-corrected chi connectivity index (χ4v) is 2.82. The maximum Gasteiger partial charge on any atom is 0.0829 e. The van der Waals surface area contributed by atoms with Crippen LogP contribution in [0.25, 0.3) is 21.8 Å². The van der Waals surface area contributed by atoms with Gasteiger partial charge in [-0.3, -0.25) is 9.97 Å². The third kappa shape index (κ3) is 1.73. The lowest BCUT2D eigenvalue weighted by Crippen LogP contribution is -1.90. The van der Waals surface area contributed by atoms with Gasteiger partial charge in [0.05, 0.1) is 21.1 Å². The summed E-state index contributed by atoms with van der Waals surface area (Å²) in [5.74, 6) is 0. The minimum atomic E-state index is 0.664. The van der Waals surface area contributed by atoms with E-state index in [1.165, 1.54) is 0 Å². The molecule has 18 heavy (non-hydrogen) atoms. The molecule has 2 aromatic heterocycles. The highest BCUT2D eigenvalue weighted by Crippen LogP contribution is 2.33. The Bertz CT molecular complexity index is 782. The van der Waals surface area contributed by atoms with E-state index in [1.807, 2.05) is 38.1 Å². The molecule has 0 aliphatic heterocycles. The van der Waals surface area contributed by atoms with Gasteiger partial charge in [0, 0.05) is 22.2 Å². The summed E-state index contributed by atoms with van der Waals surface area (Å²) in [5, 5.41) is 3.13. The Balaban J connectivity index is 2.60. The fourth-order valence-electron chi connectivity index (χ4n) is 2.17. The number of aromatic nitrogens is 2. The summed E-state index contributed by atoms with van der Waals surface area (Å²) in [4.78, 5) is 9.02. The van der Waals surface area contributed by atoms with Gasteiger partial charge in [0.25, 0.3) is 0 Å². The molecule has 0 bridgehead atoms. The van der Waals surface area contributed by atoms with Gasteiger partial charge in [0.1, 0.15) is 0 Å². The zero-order chi connectivity index (χ0) is 12.9. The van der Waals surface area contributed by atoms with Crippen molar-refractivity contribution in [2.45, 2.75) is 13.8 Å². The van der Waals surface area contributed by atoms with Crippen molar-refractivity contribution >= 4 is 45.0 Å². The third-order valence-electron chi connectivity index (χ3n) is 2.91. The highest BCUT2D eigenvalue weighted by molar-refractivity contribution is 6.39. The molecule has 0 saturated carbocycles. The summed E-state index contributed by atoms with van der Waals surface area (Å²) in [5.41, 5.74) is 3.43. The van der Waals surface area contributed by atoms with Crippen molar-refractivity contribution in [3.8, 4) is 0 Å². The topological polar surface area (TPSA) is 25.8 Å². The van der Waals surface area contributed by atoms with Crippen LogP contribution in [0.15, 0.2) is 24.3 Å². The highest BCUT2D eigenvalue weighted by atomic mass is 35.5. The lowest BCUT2D eigenvalue weighted by atomic mass is 10.1. The third-order valence-corrected chi connectivity index (χ3v) is 3.52. The first kappa shape index (κ1) is 11.7. The normalized spacial score (nSPS) is 11.3. The average Bonchev–Trinajstić information content (AvgIpc) is 2.26. The first-order chi connectivity index (χ1) is 8.56. The summed E-state index contributed by atoms with van der Waals surface area (Å²) >= 11 is 12.6. The smallest absolute Gasteiger partial charge is 0.0829 e. The van der Waals surface area contributed by atoms with Crippen molar-refractivity contribution in [3.05, 3.63) is 45.7 Å². The van der Waals surface area contributed by atoms with Crippen LogP contribution in [0, 0.1) is 13.8 Å². The first-order valence-corrected chi connectivity index (χ1v) is 6.34. The predicted molar refractivity (Wildman–Crippen MR) is 76.5 cm³/mol. The van der Waals surface area contributed by atoms with Gasteiger partial charge in [-0.2, -0.15) is 0 Å². The van der Waals surface area contributed by atoms with E-state index >= 15 is 0 Å². The molecule has 90 valence electrons.